The molecule has 0 unspecified atom stereocenters. The number of carbonyl (C=O) groups is 3. The number of halogens is 2. The SMILES string of the molecule is CCc1ccccc1N1C(=O)C(Cl)=C(Nc2ccc(C(=O)Nc3ccc(C)c(Cl)c3)cc2)C1=O. The molecule has 0 atom stereocenters. The summed E-state index contributed by atoms with van der Waals surface area (Å²) in [5.74, 6) is -1.42. The Bertz CT molecular complexity index is 1330. The van der Waals surface area contributed by atoms with Crippen LogP contribution in [-0.4, -0.2) is 17.7 Å². The van der Waals surface area contributed by atoms with Crippen molar-refractivity contribution < 1.29 is 14.4 Å². The first-order valence-corrected chi connectivity index (χ1v) is 11.4. The Labute approximate surface area is 207 Å². The third-order valence-electron chi connectivity index (χ3n) is 5.49. The average molecular weight is 494 g/mol. The van der Waals surface area contributed by atoms with E-state index in [2.05, 4.69) is 10.6 Å². The maximum Gasteiger partial charge on any atom is 0.283 e. The van der Waals surface area contributed by atoms with Gasteiger partial charge in [-0.05, 0) is 66.9 Å². The molecule has 2 N–H and O–H groups in total. The summed E-state index contributed by atoms with van der Waals surface area (Å²) in [6.07, 6.45) is 0.659. The van der Waals surface area contributed by atoms with Crippen LogP contribution in [0.1, 0.15) is 28.4 Å². The lowest BCUT2D eigenvalue weighted by atomic mass is 10.1. The highest BCUT2D eigenvalue weighted by Gasteiger charge is 2.39. The molecule has 0 spiro atoms. The minimum Gasteiger partial charge on any atom is -0.350 e. The fourth-order valence-electron chi connectivity index (χ4n) is 3.58. The fraction of sp³-hybridized carbons (Fsp3) is 0.115. The second-order valence-corrected chi connectivity index (χ2v) is 8.52. The quantitative estimate of drug-likeness (QED) is 0.419. The van der Waals surface area contributed by atoms with Gasteiger partial charge in [0.15, 0.2) is 0 Å². The van der Waals surface area contributed by atoms with E-state index in [0.717, 1.165) is 16.0 Å². The molecule has 3 amide bonds. The Hall–Kier alpha value is -3.61. The molecule has 0 radical (unpaired) electrons. The second kappa shape index (κ2) is 9.71. The highest BCUT2D eigenvalue weighted by Crippen LogP contribution is 2.32. The third kappa shape index (κ3) is 4.55. The van der Waals surface area contributed by atoms with Gasteiger partial charge in [-0.1, -0.05) is 54.4 Å². The number of amides is 3. The van der Waals surface area contributed by atoms with Crippen LogP contribution in [0.5, 0.6) is 0 Å². The number of benzene rings is 3. The van der Waals surface area contributed by atoms with E-state index in [-0.39, 0.29) is 16.6 Å². The van der Waals surface area contributed by atoms with Crippen molar-refractivity contribution in [3.63, 3.8) is 0 Å². The molecule has 3 aromatic rings. The zero-order valence-corrected chi connectivity index (χ0v) is 20.0. The number of para-hydroxylation sites is 1. The lowest BCUT2D eigenvalue weighted by Gasteiger charge is -2.18. The molecule has 1 heterocycles. The Morgan fingerprint density at radius 1 is 0.912 bits per heavy atom. The van der Waals surface area contributed by atoms with E-state index < -0.39 is 11.8 Å². The molecule has 0 saturated heterocycles. The second-order valence-electron chi connectivity index (χ2n) is 7.74. The van der Waals surface area contributed by atoms with Crippen molar-refractivity contribution in [3.8, 4) is 0 Å². The smallest absolute Gasteiger partial charge is 0.283 e. The number of carbonyl (C=O) groups excluding carboxylic acids is 3. The number of hydrogen-bond donors (Lipinski definition) is 2. The van der Waals surface area contributed by atoms with Crippen LogP contribution in [0.2, 0.25) is 5.02 Å². The topological polar surface area (TPSA) is 78.5 Å². The molecule has 1 aliphatic heterocycles. The van der Waals surface area contributed by atoms with E-state index >= 15 is 0 Å². The number of imide groups is 1. The standard InChI is InChI=1S/C26H21Cl2N3O3/c1-3-16-6-4-5-7-21(16)31-25(33)22(28)23(26(31)34)29-18-12-9-17(10-13-18)24(32)30-19-11-8-15(2)20(27)14-19/h4-14,29H,3H2,1-2H3,(H,30,32). The molecule has 8 heteroatoms. The zero-order valence-electron chi connectivity index (χ0n) is 18.5. The van der Waals surface area contributed by atoms with Crippen LogP contribution in [0.25, 0.3) is 0 Å². The van der Waals surface area contributed by atoms with Gasteiger partial charge in [0.25, 0.3) is 17.7 Å². The lowest BCUT2D eigenvalue weighted by molar-refractivity contribution is -0.120. The van der Waals surface area contributed by atoms with Gasteiger partial charge in [-0.3, -0.25) is 14.4 Å². The van der Waals surface area contributed by atoms with Gasteiger partial charge in [0.1, 0.15) is 10.7 Å². The Kier molecular flexibility index (Phi) is 6.72. The number of anilines is 3. The van der Waals surface area contributed by atoms with Crippen molar-refractivity contribution in [1.29, 1.82) is 0 Å². The molecule has 4 rings (SSSR count). The van der Waals surface area contributed by atoms with Gasteiger partial charge in [0, 0.05) is 22.0 Å². The van der Waals surface area contributed by atoms with Crippen molar-refractivity contribution in [2.45, 2.75) is 20.3 Å². The molecule has 0 bridgehead atoms. The van der Waals surface area contributed by atoms with Gasteiger partial charge in [-0.25, -0.2) is 4.90 Å². The van der Waals surface area contributed by atoms with Crippen LogP contribution >= 0.6 is 23.2 Å². The van der Waals surface area contributed by atoms with Crippen molar-refractivity contribution in [3.05, 3.63) is 99.2 Å². The van der Waals surface area contributed by atoms with E-state index in [9.17, 15) is 14.4 Å². The molecule has 172 valence electrons. The number of hydrogen-bond acceptors (Lipinski definition) is 4. The summed E-state index contributed by atoms with van der Waals surface area (Å²) in [6.45, 7) is 3.83. The number of aryl methyl sites for hydroxylation is 2. The minimum absolute atomic E-state index is 0.0101. The van der Waals surface area contributed by atoms with Crippen LogP contribution in [0.3, 0.4) is 0 Å². The molecule has 1 aliphatic rings. The Balaban J connectivity index is 1.49. The molecule has 0 aromatic heterocycles. The molecule has 6 nitrogen and oxygen atoms in total. The van der Waals surface area contributed by atoms with Crippen molar-refractivity contribution in [2.75, 3.05) is 15.5 Å². The van der Waals surface area contributed by atoms with Crippen molar-refractivity contribution >= 4 is 58.0 Å². The molecule has 0 aliphatic carbocycles. The van der Waals surface area contributed by atoms with E-state index in [4.69, 9.17) is 23.2 Å². The summed E-state index contributed by atoms with van der Waals surface area (Å²) in [6, 6.07) is 19.0. The zero-order chi connectivity index (χ0) is 24.4. The molecule has 0 saturated carbocycles. The summed E-state index contributed by atoms with van der Waals surface area (Å²) in [7, 11) is 0. The van der Waals surface area contributed by atoms with Gasteiger partial charge in [-0.2, -0.15) is 0 Å². The first-order valence-electron chi connectivity index (χ1n) is 10.6. The maximum absolute atomic E-state index is 13.1. The highest BCUT2D eigenvalue weighted by molar-refractivity contribution is 6.53. The summed E-state index contributed by atoms with van der Waals surface area (Å²) in [5.41, 5.74) is 3.79. The Morgan fingerprint density at radius 3 is 2.26 bits per heavy atom. The van der Waals surface area contributed by atoms with Gasteiger partial charge < -0.3 is 10.6 Å². The summed E-state index contributed by atoms with van der Waals surface area (Å²) < 4.78 is 0. The lowest BCUT2D eigenvalue weighted by Crippen LogP contribution is -2.33. The van der Waals surface area contributed by atoms with E-state index in [1.807, 2.05) is 32.0 Å². The monoisotopic (exact) mass is 493 g/mol. The normalized spacial score (nSPS) is 13.5. The van der Waals surface area contributed by atoms with Gasteiger partial charge in [-0.15, -0.1) is 0 Å². The Morgan fingerprint density at radius 2 is 1.59 bits per heavy atom. The number of nitrogens with one attached hydrogen (secondary N) is 2. The first-order chi connectivity index (χ1) is 16.3. The van der Waals surface area contributed by atoms with Crippen LogP contribution in [0, 0.1) is 6.92 Å². The molecular formula is C26H21Cl2N3O3. The summed E-state index contributed by atoms with van der Waals surface area (Å²) >= 11 is 12.4. The predicted octanol–water partition coefficient (Wildman–Crippen LogP) is 5.90. The minimum atomic E-state index is -0.581. The van der Waals surface area contributed by atoms with Crippen LogP contribution < -0.4 is 15.5 Å². The van der Waals surface area contributed by atoms with E-state index in [1.54, 1.807) is 48.5 Å². The first kappa shape index (κ1) is 23.5. The van der Waals surface area contributed by atoms with Crippen LogP contribution in [0.4, 0.5) is 17.1 Å². The largest absolute Gasteiger partial charge is 0.350 e. The summed E-state index contributed by atoms with van der Waals surface area (Å²) in [5, 5.41) is 6.10. The molecule has 34 heavy (non-hydrogen) atoms. The maximum atomic E-state index is 13.1. The van der Waals surface area contributed by atoms with Gasteiger partial charge in [0.05, 0.1) is 5.69 Å². The fourth-order valence-corrected chi connectivity index (χ4v) is 3.97. The predicted molar refractivity (Wildman–Crippen MR) is 135 cm³/mol. The van der Waals surface area contributed by atoms with Crippen LogP contribution in [-0.2, 0) is 16.0 Å². The van der Waals surface area contributed by atoms with E-state index in [0.29, 0.717) is 34.1 Å². The third-order valence-corrected chi connectivity index (χ3v) is 6.24. The molecule has 0 fully saturated rings. The average Bonchev–Trinajstić information content (AvgIpc) is 3.04. The molecular weight excluding hydrogens is 473 g/mol. The highest BCUT2D eigenvalue weighted by atomic mass is 35.5. The van der Waals surface area contributed by atoms with Crippen LogP contribution in [0.15, 0.2) is 77.5 Å². The number of nitrogens with zero attached hydrogens (tertiary/aromatic N) is 1. The van der Waals surface area contributed by atoms with Gasteiger partial charge >= 0.3 is 0 Å². The van der Waals surface area contributed by atoms with E-state index in [1.165, 1.54) is 0 Å². The van der Waals surface area contributed by atoms with Crippen molar-refractivity contribution in [2.24, 2.45) is 0 Å². The van der Waals surface area contributed by atoms with Crippen molar-refractivity contribution in [1.82, 2.24) is 0 Å². The van der Waals surface area contributed by atoms with Gasteiger partial charge in [0.2, 0.25) is 0 Å². The number of rotatable bonds is 6. The summed E-state index contributed by atoms with van der Waals surface area (Å²) in [4.78, 5) is 39.5. The molecule has 3 aromatic carbocycles.